The minimum absolute atomic E-state index is 0.767. The van der Waals surface area contributed by atoms with E-state index in [0.29, 0.717) is 0 Å². The molecule has 0 saturated heterocycles. The van der Waals surface area contributed by atoms with Crippen LogP contribution in [0.15, 0.2) is 24.3 Å². The van der Waals surface area contributed by atoms with Crippen LogP contribution in [-0.2, 0) is 6.42 Å². The fourth-order valence-corrected chi connectivity index (χ4v) is 1.82. The Morgan fingerprint density at radius 3 is 2.31 bits per heavy atom. The van der Waals surface area contributed by atoms with Crippen molar-refractivity contribution in [3.63, 3.8) is 0 Å². The lowest BCUT2D eigenvalue weighted by atomic mass is 10.0. The molecular weight excluding hydrogens is 196 g/mol. The number of carbonyl (C=O) groups excluding carboxylic acids is 1. The van der Waals surface area contributed by atoms with Crippen LogP contribution in [-0.4, -0.2) is 6.29 Å². The number of hydrogen-bond donors (Lipinski definition) is 0. The molecular formula is C15H22O. The first-order chi connectivity index (χ1) is 7.72. The molecule has 0 N–H and O–H groups in total. The lowest BCUT2D eigenvalue weighted by Crippen LogP contribution is -1.90. The predicted molar refractivity (Wildman–Crippen MR) is 68.8 cm³/mol. The van der Waals surface area contributed by atoms with E-state index < -0.39 is 0 Å². The Bertz CT molecular complexity index is 298. The summed E-state index contributed by atoms with van der Waals surface area (Å²) >= 11 is 0. The molecule has 0 heterocycles. The summed E-state index contributed by atoms with van der Waals surface area (Å²) in [6, 6.07) is 7.92. The van der Waals surface area contributed by atoms with Crippen LogP contribution in [0.4, 0.5) is 0 Å². The standard InChI is InChI=1S/C15H22O/c1-13(2)6-4-3-5-7-14-8-10-15(12-16)11-9-14/h8-13H,3-7H2,1-2H3. The highest BCUT2D eigenvalue weighted by Crippen LogP contribution is 2.11. The third kappa shape index (κ3) is 5.11. The third-order valence-corrected chi connectivity index (χ3v) is 2.86. The van der Waals surface area contributed by atoms with Gasteiger partial charge in [0.25, 0.3) is 0 Å². The van der Waals surface area contributed by atoms with Crippen molar-refractivity contribution in [2.24, 2.45) is 5.92 Å². The average Bonchev–Trinajstić information content (AvgIpc) is 2.29. The van der Waals surface area contributed by atoms with E-state index >= 15 is 0 Å². The highest BCUT2D eigenvalue weighted by molar-refractivity contribution is 5.74. The molecule has 1 aromatic rings. The second-order valence-electron chi connectivity index (χ2n) is 4.85. The number of aryl methyl sites for hydroxylation is 1. The predicted octanol–water partition coefficient (Wildman–Crippen LogP) is 4.26. The Kier molecular flexibility index (Phi) is 5.84. The molecule has 0 aromatic heterocycles. The van der Waals surface area contributed by atoms with Gasteiger partial charge in [-0.3, -0.25) is 4.79 Å². The van der Waals surface area contributed by atoms with Crippen molar-refractivity contribution >= 4 is 6.29 Å². The molecule has 1 aromatic carbocycles. The molecule has 0 saturated carbocycles. The zero-order chi connectivity index (χ0) is 11.8. The molecule has 0 atom stereocenters. The van der Waals surface area contributed by atoms with Crippen LogP contribution in [0.1, 0.15) is 55.5 Å². The van der Waals surface area contributed by atoms with E-state index in [2.05, 4.69) is 26.0 Å². The van der Waals surface area contributed by atoms with Crippen molar-refractivity contribution in [1.29, 1.82) is 0 Å². The van der Waals surface area contributed by atoms with Crippen LogP contribution < -0.4 is 0 Å². The van der Waals surface area contributed by atoms with Gasteiger partial charge in [-0.2, -0.15) is 0 Å². The van der Waals surface area contributed by atoms with Crippen LogP contribution in [0.2, 0.25) is 0 Å². The van der Waals surface area contributed by atoms with Crippen molar-refractivity contribution in [2.45, 2.75) is 46.0 Å². The lowest BCUT2D eigenvalue weighted by molar-refractivity contribution is 0.112. The molecule has 0 bridgehead atoms. The summed E-state index contributed by atoms with van der Waals surface area (Å²) < 4.78 is 0. The molecule has 1 nitrogen and oxygen atoms in total. The normalized spacial score (nSPS) is 10.7. The minimum atomic E-state index is 0.767. The van der Waals surface area contributed by atoms with E-state index in [0.717, 1.165) is 24.2 Å². The first kappa shape index (κ1) is 13.0. The van der Waals surface area contributed by atoms with Gasteiger partial charge in [0, 0.05) is 5.56 Å². The number of unbranched alkanes of at least 4 members (excludes halogenated alkanes) is 2. The van der Waals surface area contributed by atoms with Crippen molar-refractivity contribution in [3.05, 3.63) is 35.4 Å². The number of aldehydes is 1. The van der Waals surface area contributed by atoms with Crippen LogP contribution in [0, 0.1) is 5.92 Å². The van der Waals surface area contributed by atoms with E-state index in [1.165, 1.54) is 31.2 Å². The zero-order valence-electron chi connectivity index (χ0n) is 10.4. The van der Waals surface area contributed by atoms with E-state index in [4.69, 9.17) is 0 Å². The summed E-state index contributed by atoms with van der Waals surface area (Å²) in [6.45, 7) is 4.55. The van der Waals surface area contributed by atoms with Crippen LogP contribution in [0.5, 0.6) is 0 Å². The van der Waals surface area contributed by atoms with Crippen LogP contribution >= 0.6 is 0 Å². The number of rotatable bonds is 7. The van der Waals surface area contributed by atoms with Gasteiger partial charge >= 0.3 is 0 Å². The monoisotopic (exact) mass is 218 g/mol. The SMILES string of the molecule is CC(C)CCCCCc1ccc(C=O)cc1. The minimum Gasteiger partial charge on any atom is -0.298 e. The van der Waals surface area contributed by atoms with Gasteiger partial charge in [-0.05, 0) is 24.3 Å². The van der Waals surface area contributed by atoms with Crippen molar-refractivity contribution in [3.8, 4) is 0 Å². The molecule has 0 unspecified atom stereocenters. The first-order valence-electron chi connectivity index (χ1n) is 6.26. The van der Waals surface area contributed by atoms with Gasteiger partial charge in [0.05, 0.1) is 0 Å². The van der Waals surface area contributed by atoms with E-state index in [9.17, 15) is 4.79 Å². The van der Waals surface area contributed by atoms with Crippen LogP contribution in [0.3, 0.4) is 0 Å². The average molecular weight is 218 g/mol. The molecule has 0 aliphatic carbocycles. The van der Waals surface area contributed by atoms with Crippen LogP contribution in [0.25, 0.3) is 0 Å². The smallest absolute Gasteiger partial charge is 0.150 e. The molecule has 1 rings (SSSR count). The number of carbonyl (C=O) groups is 1. The molecule has 0 fully saturated rings. The van der Waals surface area contributed by atoms with Gasteiger partial charge in [-0.1, -0.05) is 57.4 Å². The Balaban J connectivity index is 2.19. The summed E-state index contributed by atoms with van der Waals surface area (Å²) in [5, 5.41) is 0. The van der Waals surface area contributed by atoms with E-state index in [-0.39, 0.29) is 0 Å². The Morgan fingerprint density at radius 1 is 1.06 bits per heavy atom. The molecule has 0 spiro atoms. The lowest BCUT2D eigenvalue weighted by Gasteiger charge is -2.04. The summed E-state index contributed by atoms with van der Waals surface area (Å²) in [5.41, 5.74) is 2.11. The van der Waals surface area contributed by atoms with E-state index in [1.54, 1.807) is 0 Å². The second-order valence-corrected chi connectivity index (χ2v) is 4.85. The molecule has 16 heavy (non-hydrogen) atoms. The fraction of sp³-hybridized carbons (Fsp3) is 0.533. The number of benzene rings is 1. The highest BCUT2D eigenvalue weighted by Gasteiger charge is 1.96. The summed E-state index contributed by atoms with van der Waals surface area (Å²) in [4.78, 5) is 10.5. The van der Waals surface area contributed by atoms with E-state index in [1.807, 2.05) is 12.1 Å². The van der Waals surface area contributed by atoms with Crippen molar-refractivity contribution in [1.82, 2.24) is 0 Å². The maximum Gasteiger partial charge on any atom is 0.150 e. The second kappa shape index (κ2) is 7.21. The molecule has 0 aliphatic rings. The zero-order valence-corrected chi connectivity index (χ0v) is 10.4. The van der Waals surface area contributed by atoms with Gasteiger partial charge in [0.2, 0.25) is 0 Å². The third-order valence-electron chi connectivity index (χ3n) is 2.86. The summed E-state index contributed by atoms with van der Waals surface area (Å²) in [5.74, 6) is 0.826. The summed E-state index contributed by atoms with van der Waals surface area (Å²) in [6.07, 6.45) is 7.28. The number of hydrogen-bond acceptors (Lipinski definition) is 1. The first-order valence-corrected chi connectivity index (χ1v) is 6.26. The Labute approximate surface area is 98.9 Å². The molecule has 88 valence electrons. The molecule has 0 amide bonds. The molecule has 1 heteroatoms. The van der Waals surface area contributed by atoms with Crippen molar-refractivity contribution in [2.75, 3.05) is 0 Å². The van der Waals surface area contributed by atoms with Crippen molar-refractivity contribution < 1.29 is 4.79 Å². The van der Waals surface area contributed by atoms with Gasteiger partial charge < -0.3 is 0 Å². The summed E-state index contributed by atoms with van der Waals surface area (Å²) in [7, 11) is 0. The Hall–Kier alpha value is -1.11. The quantitative estimate of drug-likeness (QED) is 0.493. The molecule has 0 aliphatic heterocycles. The van der Waals surface area contributed by atoms with Gasteiger partial charge in [0.1, 0.15) is 6.29 Å². The maximum atomic E-state index is 10.5. The topological polar surface area (TPSA) is 17.1 Å². The van der Waals surface area contributed by atoms with Gasteiger partial charge in [0.15, 0.2) is 0 Å². The van der Waals surface area contributed by atoms with Gasteiger partial charge in [-0.25, -0.2) is 0 Å². The highest BCUT2D eigenvalue weighted by atomic mass is 16.1. The Morgan fingerprint density at radius 2 is 1.75 bits per heavy atom. The maximum absolute atomic E-state index is 10.5. The fourth-order valence-electron chi connectivity index (χ4n) is 1.82. The largest absolute Gasteiger partial charge is 0.298 e. The van der Waals surface area contributed by atoms with Gasteiger partial charge in [-0.15, -0.1) is 0 Å². The molecule has 0 radical (unpaired) electrons.